The van der Waals surface area contributed by atoms with E-state index in [0.29, 0.717) is 25.4 Å². The summed E-state index contributed by atoms with van der Waals surface area (Å²) in [5.41, 5.74) is 2.48. The standard InChI is InChI=1S/C15H17N3O3/c1-10-2-3-11(14-16-5-7-21-14)8-13(10)17-15(20)18-6-4-12(19)9-18/h2-3,5,7-8,12,19H,4,6,9H2,1H3,(H,17,20)/t12-/m1/s1. The van der Waals surface area contributed by atoms with Gasteiger partial charge in [0.05, 0.1) is 12.3 Å². The van der Waals surface area contributed by atoms with Crippen LogP contribution in [0, 0.1) is 6.92 Å². The summed E-state index contributed by atoms with van der Waals surface area (Å²) >= 11 is 0. The van der Waals surface area contributed by atoms with Gasteiger partial charge in [-0.2, -0.15) is 0 Å². The van der Waals surface area contributed by atoms with Crippen molar-refractivity contribution < 1.29 is 14.3 Å². The fourth-order valence-corrected chi connectivity index (χ4v) is 2.38. The van der Waals surface area contributed by atoms with Crippen LogP contribution in [-0.4, -0.2) is 40.2 Å². The molecule has 1 fully saturated rings. The minimum absolute atomic E-state index is 0.195. The van der Waals surface area contributed by atoms with E-state index >= 15 is 0 Å². The first-order valence-electron chi connectivity index (χ1n) is 6.88. The van der Waals surface area contributed by atoms with Crippen LogP contribution in [0.25, 0.3) is 11.5 Å². The van der Waals surface area contributed by atoms with Gasteiger partial charge in [0.15, 0.2) is 0 Å². The first kappa shape index (κ1) is 13.6. The molecule has 0 aliphatic carbocycles. The number of carbonyl (C=O) groups is 1. The average Bonchev–Trinajstić information content (AvgIpc) is 3.12. The number of aryl methyl sites for hydroxylation is 1. The summed E-state index contributed by atoms with van der Waals surface area (Å²) < 4.78 is 5.27. The highest BCUT2D eigenvalue weighted by molar-refractivity contribution is 5.91. The summed E-state index contributed by atoms with van der Waals surface area (Å²) in [5.74, 6) is 0.516. The topological polar surface area (TPSA) is 78.6 Å². The number of amides is 2. The molecule has 2 amide bonds. The Bertz CT molecular complexity index is 640. The number of β-amino-alcohol motifs (C(OH)–C–C–N with tert-alkyl or cyclic N) is 1. The van der Waals surface area contributed by atoms with Gasteiger partial charge in [-0.3, -0.25) is 0 Å². The van der Waals surface area contributed by atoms with Crippen LogP contribution in [0.3, 0.4) is 0 Å². The SMILES string of the molecule is Cc1ccc(-c2ncco2)cc1NC(=O)N1CC[C@@H](O)C1. The van der Waals surface area contributed by atoms with Gasteiger partial charge in [-0.05, 0) is 31.0 Å². The molecule has 0 saturated carbocycles. The molecule has 2 heterocycles. The van der Waals surface area contributed by atoms with Crippen LogP contribution in [0.2, 0.25) is 0 Å². The van der Waals surface area contributed by atoms with Crippen LogP contribution in [-0.2, 0) is 0 Å². The van der Waals surface area contributed by atoms with Crippen LogP contribution in [0.15, 0.2) is 35.1 Å². The molecule has 1 aromatic carbocycles. The number of hydrogen-bond donors (Lipinski definition) is 2. The van der Waals surface area contributed by atoms with Crippen molar-refractivity contribution in [3.05, 3.63) is 36.2 Å². The number of nitrogens with one attached hydrogen (secondary N) is 1. The van der Waals surface area contributed by atoms with E-state index in [9.17, 15) is 9.90 Å². The first-order chi connectivity index (χ1) is 10.1. The first-order valence-corrected chi connectivity index (χ1v) is 6.88. The Balaban J connectivity index is 1.78. The Labute approximate surface area is 122 Å². The lowest BCUT2D eigenvalue weighted by atomic mass is 10.1. The zero-order chi connectivity index (χ0) is 14.8. The van der Waals surface area contributed by atoms with Crippen LogP contribution >= 0.6 is 0 Å². The second-order valence-corrected chi connectivity index (χ2v) is 5.19. The smallest absolute Gasteiger partial charge is 0.321 e. The largest absolute Gasteiger partial charge is 0.445 e. The van der Waals surface area contributed by atoms with Gasteiger partial charge in [0.25, 0.3) is 0 Å². The van der Waals surface area contributed by atoms with Gasteiger partial charge in [-0.15, -0.1) is 0 Å². The van der Waals surface area contributed by atoms with E-state index < -0.39 is 6.10 Å². The molecule has 1 atom stereocenters. The molecule has 6 nitrogen and oxygen atoms in total. The number of aromatic nitrogens is 1. The number of carbonyl (C=O) groups excluding carboxylic acids is 1. The van der Waals surface area contributed by atoms with Crippen molar-refractivity contribution in [1.82, 2.24) is 9.88 Å². The lowest BCUT2D eigenvalue weighted by Gasteiger charge is -2.17. The number of nitrogens with zero attached hydrogens (tertiary/aromatic N) is 2. The van der Waals surface area contributed by atoms with Gasteiger partial charge in [-0.25, -0.2) is 9.78 Å². The van der Waals surface area contributed by atoms with E-state index in [1.165, 1.54) is 6.26 Å². The highest BCUT2D eigenvalue weighted by Crippen LogP contribution is 2.24. The van der Waals surface area contributed by atoms with E-state index in [0.717, 1.165) is 16.8 Å². The number of urea groups is 1. The lowest BCUT2D eigenvalue weighted by Crippen LogP contribution is -2.33. The minimum atomic E-state index is -0.421. The number of benzene rings is 1. The Hall–Kier alpha value is -2.34. The molecule has 110 valence electrons. The quantitative estimate of drug-likeness (QED) is 0.888. The van der Waals surface area contributed by atoms with E-state index in [1.54, 1.807) is 11.1 Å². The zero-order valence-electron chi connectivity index (χ0n) is 11.7. The molecule has 0 radical (unpaired) electrons. The third kappa shape index (κ3) is 2.90. The van der Waals surface area contributed by atoms with Gasteiger partial charge >= 0.3 is 6.03 Å². The number of aliphatic hydroxyl groups is 1. The number of oxazole rings is 1. The van der Waals surface area contributed by atoms with Crippen LogP contribution < -0.4 is 5.32 Å². The Morgan fingerprint density at radius 1 is 1.52 bits per heavy atom. The third-order valence-electron chi connectivity index (χ3n) is 3.61. The molecule has 6 heteroatoms. The summed E-state index contributed by atoms with van der Waals surface area (Å²) in [6.07, 6.45) is 3.30. The molecule has 0 bridgehead atoms. The Morgan fingerprint density at radius 3 is 3.05 bits per heavy atom. The van der Waals surface area contributed by atoms with E-state index in [2.05, 4.69) is 10.3 Å². The summed E-state index contributed by atoms with van der Waals surface area (Å²) in [6.45, 7) is 2.88. The van der Waals surface area contributed by atoms with Crippen molar-refractivity contribution in [2.45, 2.75) is 19.4 Å². The van der Waals surface area contributed by atoms with Gasteiger partial charge in [0, 0.05) is 24.3 Å². The molecule has 1 saturated heterocycles. The molecule has 0 unspecified atom stereocenters. The van der Waals surface area contributed by atoms with Crippen LogP contribution in [0.1, 0.15) is 12.0 Å². The van der Waals surface area contributed by atoms with Gasteiger partial charge in [0.2, 0.25) is 5.89 Å². The average molecular weight is 287 g/mol. The fourth-order valence-electron chi connectivity index (χ4n) is 2.38. The van der Waals surface area contributed by atoms with Crippen LogP contribution in [0.4, 0.5) is 10.5 Å². The van der Waals surface area contributed by atoms with Crippen molar-refractivity contribution >= 4 is 11.7 Å². The summed E-state index contributed by atoms with van der Waals surface area (Å²) in [5, 5.41) is 12.4. The monoisotopic (exact) mass is 287 g/mol. The van der Waals surface area contributed by atoms with E-state index in [1.807, 2.05) is 25.1 Å². The van der Waals surface area contributed by atoms with E-state index in [-0.39, 0.29) is 6.03 Å². The molecule has 1 aliphatic heterocycles. The van der Waals surface area contributed by atoms with Crippen molar-refractivity contribution in [2.75, 3.05) is 18.4 Å². The predicted octanol–water partition coefficient (Wildman–Crippen LogP) is 2.25. The number of aliphatic hydroxyl groups excluding tert-OH is 1. The molecule has 2 aromatic rings. The van der Waals surface area contributed by atoms with Crippen molar-refractivity contribution in [1.29, 1.82) is 0 Å². The normalized spacial score (nSPS) is 18.0. The molecule has 21 heavy (non-hydrogen) atoms. The van der Waals surface area contributed by atoms with E-state index in [4.69, 9.17) is 4.42 Å². The summed E-state index contributed by atoms with van der Waals surface area (Å²) in [4.78, 5) is 17.9. The van der Waals surface area contributed by atoms with Gasteiger partial charge in [0.1, 0.15) is 6.26 Å². The van der Waals surface area contributed by atoms with Gasteiger partial charge in [-0.1, -0.05) is 6.07 Å². The number of anilines is 1. The Morgan fingerprint density at radius 2 is 2.38 bits per heavy atom. The molecular formula is C15H17N3O3. The maximum absolute atomic E-state index is 12.2. The molecule has 0 spiro atoms. The number of rotatable bonds is 2. The molecular weight excluding hydrogens is 270 g/mol. The predicted molar refractivity (Wildman–Crippen MR) is 77.9 cm³/mol. The van der Waals surface area contributed by atoms with Crippen LogP contribution in [0.5, 0.6) is 0 Å². The minimum Gasteiger partial charge on any atom is -0.445 e. The zero-order valence-corrected chi connectivity index (χ0v) is 11.7. The number of hydrogen-bond acceptors (Lipinski definition) is 4. The van der Waals surface area contributed by atoms with Crippen molar-refractivity contribution in [3.8, 4) is 11.5 Å². The molecule has 1 aliphatic rings. The highest BCUT2D eigenvalue weighted by atomic mass is 16.3. The number of likely N-dealkylation sites (tertiary alicyclic amines) is 1. The van der Waals surface area contributed by atoms with Crippen molar-refractivity contribution in [3.63, 3.8) is 0 Å². The highest BCUT2D eigenvalue weighted by Gasteiger charge is 2.24. The van der Waals surface area contributed by atoms with Crippen molar-refractivity contribution in [2.24, 2.45) is 0 Å². The molecule has 1 aromatic heterocycles. The fraction of sp³-hybridized carbons (Fsp3) is 0.333. The lowest BCUT2D eigenvalue weighted by molar-refractivity contribution is 0.176. The second kappa shape index (κ2) is 5.57. The van der Waals surface area contributed by atoms with Gasteiger partial charge < -0.3 is 19.7 Å². The summed E-state index contributed by atoms with van der Waals surface area (Å²) in [6, 6.07) is 5.45. The second-order valence-electron chi connectivity index (χ2n) is 5.19. The summed E-state index contributed by atoms with van der Waals surface area (Å²) in [7, 11) is 0. The molecule has 3 rings (SSSR count). The molecule has 2 N–H and O–H groups in total. The maximum atomic E-state index is 12.2. The Kier molecular flexibility index (Phi) is 3.62. The third-order valence-corrected chi connectivity index (χ3v) is 3.61. The maximum Gasteiger partial charge on any atom is 0.321 e.